The van der Waals surface area contributed by atoms with E-state index in [1.54, 1.807) is 13.8 Å². The van der Waals surface area contributed by atoms with Gasteiger partial charge in [0.25, 0.3) is 0 Å². The van der Waals surface area contributed by atoms with Crippen LogP contribution >= 0.6 is 11.6 Å². The van der Waals surface area contributed by atoms with Crippen LogP contribution in [0.25, 0.3) is 0 Å². The number of carbonyl (C=O) groups is 1. The lowest BCUT2D eigenvalue weighted by molar-refractivity contribution is -0.137. The van der Waals surface area contributed by atoms with Crippen molar-refractivity contribution in [3.63, 3.8) is 0 Å². The van der Waals surface area contributed by atoms with E-state index in [0.29, 0.717) is 5.56 Å². The van der Waals surface area contributed by atoms with Crippen molar-refractivity contribution < 1.29 is 22.7 Å². The normalized spacial score (nSPS) is 11.5. The molecule has 7 heteroatoms. The number of aryl methyl sites for hydroxylation is 1. The molecule has 0 N–H and O–H groups in total. The van der Waals surface area contributed by atoms with Gasteiger partial charge in [-0.3, -0.25) is 9.69 Å². The van der Waals surface area contributed by atoms with E-state index in [2.05, 4.69) is 0 Å². The highest BCUT2D eigenvalue weighted by molar-refractivity contribution is 6.29. The number of amides is 1. The number of halogens is 4. The summed E-state index contributed by atoms with van der Waals surface area (Å²) >= 11 is 5.45. The quantitative estimate of drug-likeness (QED) is 0.614. The minimum Gasteiger partial charge on any atom is -0.361 e. The molecule has 0 aliphatic carbocycles. The van der Waals surface area contributed by atoms with Crippen LogP contribution in [-0.4, -0.2) is 25.1 Å². The molecule has 0 radical (unpaired) electrons. The van der Waals surface area contributed by atoms with Gasteiger partial charge in [0.05, 0.1) is 11.3 Å². The summed E-state index contributed by atoms with van der Waals surface area (Å²) in [5.41, 5.74) is -0.519. The van der Waals surface area contributed by atoms with Gasteiger partial charge in [0, 0.05) is 6.61 Å². The summed E-state index contributed by atoms with van der Waals surface area (Å²) in [7, 11) is 0. The van der Waals surface area contributed by atoms with Gasteiger partial charge in [-0.1, -0.05) is 6.07 Å². The van der Waals surface area contributed by atoms with Crippen LogP contribution in [0, 0.1) is 6.92 Å². The summed E-state index contributed by atoms with van der Waals surface area (Å²) in [5.74, 6) is -1.06. The minimum absolute atomic E-state index is 0.239. The Morgan fingerprint density at radius 2 is 2.05 bits per heavy atom. The van der Waals surface area contributed by atoms with E-state index in [-0.39, 0.29) is 19.0 Å². The third kappa shape index (κ3) is 4.11. The van der Waals surface area contributed by atoms with Crippen LogP contribution in [0.3, 0.4) is 0 Å². The van der Waals surface area contributed by atoms with Crippen molar-refractivity contribution in [1.29, 1.82) is 0 Å². The van der Waals surface area contributed by atoms with Crippen LogP contribution in [0.5, 0.6) is 0 Å². The minimum atomic E-state index is -4.56. The fourth-order valence-corrected chi connectivity index (χ4v) is 1.78. The van der Waals surface area contributed by atoms with E-state index in [1.807, 2.05) is 0 Å². The van der Waals surface area contributed by atoms with E-state index in [0.717, 1.165) is 11.0 Å². The zero-order valence-corrected chi connectivity index (χ0v) is 11.9. The van der Waals surface area contributed by atoms with Crippen molar-refractivity contribution in [2.75, 3.05) is 24.1 Å². The summed E-state index contributed by atoms with van der Waals surface area (Å²) in [6, 6.07) is 3.59. The first-order chi connectivity index (χ1) is 9.31. The largest absolute Gasteiger partial charge is 0.418 e. The van der Waals surface area contributed by atoms with Crippen LogP contribution in [-0.2, 0) is 15.7 Å². The standard InChI is InChI=1S/C13H15ClF3NO2/c1-3-20-8-18(12(19)7-14)11-6-9(2)4-5-10(11)13(15,16)17/h4-6H,3,7-8H2,1-2H3. The lowest BCUT2D eigenvalue weighted by Crippen LogP contribution is -2.35. The lowest BCUT2D eigenvalue weighted by atomic mass is 10.1. The number of rotatable bonds is 5. The van der Waals surface area contributed by atoms with Crippen molar-refractivity contribution in [1.82, 2.24) is 0 Å². The molecule has 1 aromatic rings. The van der Waals surface area contributed by atoms with Crippen LogP contribution in [0.15, 0.2) is 18.2 Å². The molecule has 20 heavy (non-hydrogen) atoms. The molecule has 0 unspecified atom stereocenters. The fraction of sp³-hybridized carbons (Fsp3) is 0.462. The fourth-order valence-electron chi connectivity index (χ4n) is 1.64. The number of alkyl halides is 4. The van der Waals surface area contributed by atoms with Crippen molar-refractivity contribution in [2.24, 2.45) is 0 Å². The number of hydrogen-bond donors (Lipinski definition) is 0. The zero-order chi connectivity index (χ0) is 15.3. The predicted octanol–water partition coefficient (Wildman–Crippen LogP) is 3.58. The number of nitrogens with zero attached hydrogens (tertiary/aromatic N) is 1. The van der Waals surface area contributed by atoms with Gasteiger partial charge in [-0.2, -0.15) is 13.2 Å². The maximum Gasteiger partial charge on any atom is 0.418 e. The molecule has 0 aliphatic rings. The highest BCUT2D eigenvalue weighted by Gasteiger charge is 2.36. The number of ether oxygens (including phenoxy) is 1. The van der Waals surface area contributed by atoms with E-state index >= 15 is 0 Å². The molecule has 112 valence electrons. The second-order valence-corrected chi connectivity index (χ2v) is 4.36. The Balaban J connectivity index is 3.30. The predicted molar refractivity (Wildman–Crippen MR) is 70.9 cm³/mol. The molecule has 0 aliphatic heterocycles. The van der Waals surface area contributed by atoms with Crippen molar-refractivity contribution in [3.05, 3.63) is 29.3 Å². The van der Waals surface area contributed by atoms with Gasteiger partial charge in [0.15, 0.2) is 0 Å². The van der Waals surface area contributed by atoms with E-state index in [4.69, 9.17) is 16.3 Å². The Hall–Kier alpha value is -1.27. The third-order valence-electron chi connectivity index (χ3n) is 2.59. The van der Waals surface area contributed by atoms with Crippen LogP contribution < -0.4 is 4.90 Å². The van der Waals surface area contributed by atoms with E-state index in [9.17, 15) is 18.0 Å². The van der Waals surface area contributed by atoms with Gasteiger partial charge in [-0.15, -0.1) is 11.6 Å². The third-order valence-corrected chi connectivity index (χ3v) is 2.82. The maximum absolute atomic E-state index is 13.0. The molecule has 1 aromatic carbocycles. The molecule has 0 spiro atoms. The molecule has 0 saturated carbocycles. The molecule has 3 nitrogen and oxygen atoms in total. The first-order valence-corrected chi connectivity index (χ1v) is 6.46. The Morgan fingerprint density at radius 1 is 1.40 bits per heavy atom. The lowest BCUT2D eigenvalue weighted by Gasteiger charge is -2.25. The topological polar surface area (TPSA) is 29.5 Å². The summed E-state index contributed by atoms with van der Waals surface area (Å²) in [4.78, 5) is 12.7. The first kappa shape index (κ1) is 16.8. The Morgan fingerprint density at radius 3 is 2.55 bits per heavy atom. The first-order valence-electron chi connectivity index (χ1n) is 5.93. The maximum atomic E-state index is 13.0. The molecule has 0 aromatic heterocycles. The molecule has 0 fully saturated rings. The highest BCUT2D eigenvalue weighted by Crippen LogP contribution is 2.37. The average Bonchev–Trinajstić information content (AvgIpc) is 2.37. The Bertz CT molecular complexity index is 477. The smallest absolute Gasteiger partial charge is 0.361 e. The summed E-state index contributed by atoms with van der Waals surface area (Å²) < 4.78 is 44.1. The monoisotopic (exact) mass is 309 g/mol. The second kappa shape index (κ2) is 6.95. The van der Waals surface area contributed by atoms with Gasteiger partial charge < -0.3 is 4.74 Å². The van der Waals surface area contributed by atoms with Gasteiger partial charge in [0.1, 0.15) is 12.6 Å². The Kier molecular flexibility index (Phi) is 5.83. The number of carbonyl (C=O) groups excluding carboxylic acids is 1. The Labute approximate surface area is 120 Å². The van der Waals surface area contributed by atoms with Gasteiger partial charge in [-0.05, 0) is 31.5 Å². The SMILES string of the molecule is CCOCN(C(=O)CCl)c1cc(C)ccc1C(F)(F)F. The van der Waals surface area contributed by atoms with Crippen LogP contribution in [0.2, 0.25) is 0 Å². The number of benzene rings is 1. The molecular formula is C13H15ClF3NO2. The van der Waals surface area contributed by atoms with Crippen LogP contribution in [0.1, 0.15) is 18.1 Å². The van der Waals surface area contributed by atoms with Gasteiger partial charge in [0.2, 0.25) is 5.91 Å². The summed E-state index contributed by atoms with van der Waals surface area (Å²) in [6.07, 6.45) is -4.56. The van der Waals surface area contributed by atoms with Crippen molar-refractivity contribution in [2.45, 2.75) is 20.0 Å². The van der Waals surface area contributed by atoms with Crippen LogP contribution in [0.4, 0.5) is 18.9 Å². The summed E-state index contributed by atoms with van der Waals surface area (Å²) in [5, 5.41) is 0. The molecule has 1 amide bonds. The molecule has 0 atom stereocenters. The molecular weight excluding hydrogens is 295 g/mol. The van der Waals surface area contributed by atoms with Crippen molar-refractivity contribution in [3.8, 4) is 0 Å². The highest BCUT2D eigenvalue weighted by atomic mass is 35.5. The van der Waals surface area contributed by atoms with E-state index < -0.39 is 23.5 Å². The second-order valence-electron chi connectivity index (χ2n) is 4.10. The van der Waals surface area contributed by atoms with Crippen molar-refractivity contribution >= 4 is 23.2 Å². The molecule has 0 saturated heterocycles. The van der Waals surface area contributed by atoms with Gasteiger partial charge >= 0.3 is 6.18 Å². The molecule has 0 bridgehead atoms. The number of anilines is 1. The van der Waals surface area contributed by atoms with E-state index in [1.165, 1.54) is 12.1 Å². The molecule has 0 heterocycles. The average molecular weight is 310 g/mol. The summed E-state index contributed by atoms with van der Waals surface area (Å²) in [6.45, 7) is 3.34. The number of hydrogen-bond acceptors (Lipinski definition) is 2. The zero-order valence-electron chi connectivity index (χ0n) is 11.1. The van der Waals surface area contributed by atoms with Gasteiger partial charge in [-0.25, -0.2) is 0 Å². The molecule has 1 rings (SSSR count).